The molecule has 1 saturated heterocycles. The molecule has 0 bridgehead atoms. The lowest BCUT2D eigenvalue weighted by Crippen LogP contribution is -2.43. The second-order valence-electron chi connectivity index (χ2n) is 7.61. The molecule has 1 fully saturated rings. The molecular formula is C24H24N6. The highest BCUT2D eigenvalue weighted by atomic mass is 15.2. The van der Waals surface area contributed by atoms with Gasteiger partial charge in [-0.05, 0) is 42.4 Å². The zero-order valence-electron chi connectivity index (χ0n) is 16.9. The molecule has 6 heteroatoms. The molecule has 150 valence electrons. The van der Waals surface area contributed by atoms with Gasteiger partial charge in [0, 0.05) is 55.4 Å². The zero-order valence-corrected chi connectivity index (χ0v) is 16.9. The van der Waals surface area contributed by atoms with E-state index in [0.29, 0.717) is 6.04 Å². The first kappa shape index (κ1) is 18.7. The first-order chi connectivity index (χ1) is 14.8. The number of nitrogens with one attached hydrogen (secondary N) is 2. The van der Waals surface area contributed by atoms with Gasteiger partial charge in [-0.3, -0.25) is 20.0 Å². The van der Waals surface area contributed by atoms with Gasteiger partial charge >= 0.3 is 0 Å². The van der Waals surface area contributed by atoms with Gasteiger partial charge in [-0.25, -0.2) is 0 Å². The predicted molar refractivity (Wildman–Crippen MR) is 119 cm³/mol. The summed E-state index contributed by atoms with van der Waals surface area (Å²) < 4.78 is 0. The molecule has 3 aromatic heterocycles. The molecule has 6 nitrogen and oxygen atoms in total. The van der Waals surface area contributed by atoms with E-state index in [1.54, 1.807) is 6.20 Å². The molecule has 0 spiro atoms. The fourth-order valence-corrected chi connectivity index (χ4v) is 4.02. The third kappa shape index (κ3) is 3.63. The first-order valence-electron chi connectivity index (χ1n) is 10.2. The van der Waals surface area contributed by atoms with Crippen molar-refractivity contribution in [3.8, 4) is 33.8 Å². The Hall–Kier alpha value is -3.35. The maximum atomic E-state index is 4.61. The van der Waals surface area contributed by atoms with Crippen LogP contribution in [-0.2, 0) is 0 Å². The van der Waals surface area contributed by atoms with Gasteiger partial charge < -0.3 is 5.32 Å². The topological polar surface area (TPSA) is 69.7 Å². The molecular weight excluding hydrogens is 372 g/mol. The maximum absolute atomic E-state index is 4.61. The molecule has 0 saturated carbocycles. The van der Waals surface area contributed by atoms with Crippen LogP contribution >= 0.6 is 0 Å². The van der Waals surface area contributed by atoms with Gasteiger partial charge in [0.1, 0.15) is 5.69 Å². The van der Waals surface area contributed by atoms with Crippen molar-refractivity contribution in [1.82, 2.24) is 30.4 Å². The summed E-state index contributed by atoms with van der Waals surface area (Å²) in [5.41, 5.74) is 7.16. The summed E-state index contributed by atoms with van der Waals surface area (Å²) in [4.78, 5) is 11.5. The second kappa shape index (κ2) is 8.18. The number of piperazine rings is 1. The van der Waals surface area contributed by atoms with Gasteiger partial charge in [0.2, 0.25) is 0 Å². The summed E-state index contributed by atoms with van der Waals surface area (Å²) in [5.74, 6) is 0. The molecule has 1 unspecified atom stereocenters. The monoisotopic (exact) mass is 396 g/mol. The van der Waals surface area contributed by atoms with E-state index >= 15 is 0 Å². The summed E-state index contributed by atoms with van der Waals surface area (Å²) in [5, 5.41) is 10.9. The number of aromatic amines is 1. The standard InChI is InChI=1S/C24H24N6/c1-30-13-12-25-16-23(30)18-7-5-17(6-8-18)22-14-19(9-11-27-22)20-15-28-29-24(20)21-4-2-3-10-26-21/h2-11,14-15,23,25H,12-13,16H2,1H3,(H,28,29). The SMILES string of the molecule is CN1CCNCC1c1ccc(-c2cc(-c3c[nH]nc3-c3ccccn3)ccn2)cc1. The summed E-state index contributed by atoms with van der Waals surface area (Å²) in [6.07, 6.45) is 5.55. The van der Waals surface area contributed by atoms with Crippen LogP contribution in [0.15, 0.2) is 73.2 Å². The van der Waals surface area contributed by atoms with Crippen LogP contribution in [0.4, 0.5) is 0 Å². The van der Waals surface area contributed by atoms with Crippen LogP contribution in [0.3, 0.4) is 0 Å². The Morgan fingerprint density at radius 2 is 1.80 bits per heavy atom. The van der Waals surface area contributed by atoms with E-state index < -0.39 is 0 Å². The number of likely N-dealkylation sites (N-methyl/N-ethyl adjacent to an activating group) is 1. The fourth-order valence-electron chi connectivity index (χ4n) is 4.02. The Morgan fingerprint density at radius 1 is 0.933 bits per heavy atom. The van der Waals surface area contributed by atoms with E-state index in [4.69, 9.17) is 0 Å². The third-order valence-corrected chi connectivity index (χ3v) is 5.72. The van der Waals surface area contributed by atoms with Crippen molar-refractivity contribution < 1.29 is 0 Å². The Kier molecular flexibility index (Phi) is 5.09. The largest absolute Gasteiger partial charge is 0.314 e. The van der Waals surface area contributed by atoms with Crippen LogP contribution in [0.25, 0.3) is 33.8 Å². The summed E-state index contributed by atoms with van der Waals surface area (Å²) in [6, 6.07) is 19.2. The number of hydrogen-bond donors (Lipinski definition) is 2. The molecule has 0 radical (unpaired) electrons. The van der Waals surface area contributed by atoms with Crippen molar-refractivity contribution in [3.05, 3.63) is 78.8 Å². The summed E-state index contributed by atoms with van der Waals surface area (Å²) >= 11 is 0. The van der Waals surface area contributed by atoms with Crippen molar-refractivity contribution >= 4 is 0 Å². The van der Waals surface area contributed by atoms with Gasteiger partial charge in [-0.1, -0.05) is 30.3 Å². The van der Waals surface area contributed by atoms with Crippen molar-refractivity contribution in [2.45, 2.75) is 6.04 Å². The smallest absolute Gasteiger partial charge is 0.118 e. The van der Waals surface area contributed by atoms with Gasteiger partial charge in [-0.15, -0.1) is 0 Å². The van der Waals surface area contributed by atoms with E-state index in [1.807, 2.05) is 36.7 Å². The highest BCUT2D eigenvalue weighted by molar-refractivity contribution is 5.80. The maximum Gasteiger partial charge on any atom is 0.118 e. The Morgan fingerprint density at radius 3 is 2.60 bits per heavy atom. The number of pyridine rings is 2. The molecule has 5 rings (SSSR count). The van der Waals surface area contributed by atoms with Crippen LogP contribution in [0.2, 0.25) is 0 Å². The van der Waals surface area contributed by atoms with Crippen molar-refractivity contribution in [1.29, 1.82) is 0 Å². The number of aromatic nitrogens is 4. The normalized spacial score (nSPS) is 17.2. The highest BCUT2D eigenvalue weighted by Crippen LogP contribution is 2.31. The predicted octanol–water partition coefficient (Wildman–Crippen LogP) is 3.78. The Labute approximate surface area is 176 Å². The molecule has 1 aromatic carbocycles. The quantitative estimate of drug-likeness (QED) is 0.549. The zero-order chi connectivity index (χ0) is 20.3. The van der Waals surface area contributed by atoms with E-state index in [9.17, 15) is 0 Å². The minimum absolute atomic E-state index is 0.416. The second-order valence-corrected chi connectivity index (χ2v) is 7.61. The lowest BCUT2D eigenvalue weighted by Gasteiger charge is -2.33. The number of nitrogens with zero attached hydrogens (tertiary/aromatic N) is 4. The third-order valence-electron chi connectivity index (χ3n) is 5.72. The molecule has 30 heavy (non-hydrogen) atoms. The van der Waals surface area contributed by atoms with Gasteiger partial charge in [0.05, 0.1) is 11.4 Å². The molecule has 4 heterocycles. The molecule has 1 aliphatic rings. The van der Waals surface area contributed by atoms with Crippen LogP contribution in [0.1, 0.15) is 11.6 Å². The molecule has 0 aliphatic carbocycles. The Bertz CT molecular complexity index is 1120. The van der Waals surface area contributed by atoms with Crippen LogP contribution < -0.4 is 5.32 Å². The molecule has 1 aliphatic heterocycles. The fraction of sp³-hybridized carbons (Fsp3) is 0.208. The van der Waals surface area contributed by atoms with Gasteiger partial charge in [-0.2, -0.15) is 5.10 Å². The van der Waals surface area contributed by atoms with Crippen molar-refractivity contribution in [2.24, 2.45) is 0 Å². The number of hydrogen-bond acceptors (Lipinski definition) is 5. The summed E-state index contributed by atoms with van der Waals surface area (Å²) in [6.45, 7) is 3.11. The minimum Gasteiger partial charge on any atom is -0.314 e. The lowest BCUT2D eigenvalue weighted by atomic mass is 9.99. The van der Waals surface area contributed by atoms with Crippen molar-refractivity contribution in [3.63, 3.8) is 0 Å². The van der Waals surface area contributed by atoms with E-state index in [1.165, 1.54) is 5.56 Å². The molecule has 1 atom stereocenters. The average molecular weight is 396 g/mol. The van der Waals surface area contributed by atoms with Crippen LogP contribution in [0.5, 0.6) is 0 Å². The highest BCUT2D eigenvalue weighted by Gasteiger charge is 2.20. The van der Waals surface area contributed by atoms with Gasteiger partial charge in [0.25, 0.3) is 0 Å². The van der Waals surface area contributed by atoms with E-state index in [-0.39, 0.29) is 0 Å². The van der Waals surface area contributed by atoms with E-state index in [2.05, 4.69) is 67.8 Å². The average Bonchev–Trinajstić information content (AvgIpc) is 3.30. The van der Waals surface area contributed by atoms with E-state index in [0.717, 1.165) is 53.4 Å². The van der Waals surface area contributed by atoms with Gasteiger partial charge in [0.15, 0.2) is 0 Å². The summed E-state index contributed by atoms with van der Waals surface area (Å²) in [7, 11) is 2.19. The van der Waals surface area contributed by atoms with Crippen LogP contribution in [0, 0.1) is 0 Å². The molecule has 4 aromatic rings. The van der Waals surface area contributed by atoms with Crippen LogP contribution in [-0.4, -0.2) is 51.7 Å². The Balaban J connectivity index is 1.44. The number of benzene rings is 1. The first-order valence-corrected chi connectivity index (χ1v) is 10.2. The number of rotatable bonds is 4. The molecule has 2 N–H and O–H groups in total. The van der Waals surface area contributed by atoms with Crippen molar-refractivity contribution in [2.75, 3.05) is 26.7 Å². The number of H-pyrrole nitrogens is 1. The molecule has 0 amide bonds. The minimum atomic E-state index is 0.416. The lowest BCUT2D eigenvalue weighted by molar-refractivity contribution is 0.202.